The summed E-state index contributed by atoms with van der Waals surface area (Å²) in [5.41, 5.74) is 0. The van der Waals surface area contributed by atoms with E-state index >= 15 is 0 Å². The third-order valence-electron chi connectivity index (χ3n) is 12.1. The molecule has 0 spiro atoms. The highest BCUT2D eigenvalue weighted by Gasteiger charge is 2.19. The summed E-state index contributed by atoms with van der Waals surface area (Å²) in [5, 5.41) is 0. The third-order valence-corrected chi connectivity index (χ3v) is 12.1. The highest BCUT2D eigenvalue weighted by Crippen LogP contribution is 2.15. The average Bonchev–Trinajstić information content (AvgIpc) is 3.28. The van der Waals surface area contributed by atoms with E-state index in [0.717, 1.165) is 77.0 Å². The average molecular weight is 885 g/mol. The maximum absolute atomic E-state index is 12.8. The van der Waals surface area contributed by atoms with Gasteiger partial charge in [-0.05, 0) is 77.0 Å². The van der Waals surface area contributed by atoms with Crippen LogP contribution in [0.3, 0.4) is 0 Å². The Labute approximate surface area is 391 Å². The van der Waals surface area contributed by atoms with Crippen molar-refractivity contribution in [2.75, 3.05) is 13.2 Å². The minimum Gasteiger partial charge on any atom is -0.462 e. The largest absolute Gasteiger partial charge is 0.462 e. The van der Waals surface area contributed by atoms with Crippen molar-refractivity contribution in [1.29, 1.82) is 0 Å². The molecule has 63 heavy (non-hydrogen) atoms. The summed E-state index contributed by atoms with van der Waals surface area (Å²) in [6.07, 6.45) is 61.2. The molecule has 0 rings (SSSR count). The van der Waals surface area contributed by atoms with Crippen molar-refractivity contribution < 1.29 is 28.6 Å². The molecule has 0 saturated heterocycles. The van der Waals surface area contributed by atoms with Crippen LogP contribution in [0.5, 0.6) is 0 Å². The second-order valence-corrected chi connectivity index (χ2v) is 18.5. The van der Waals surface area contributed by atoms with Crippen LogP contribution in [-0.2, 0) is 28.6 Å². The number of carbonyl (C=O) groups excluding carboxylic acids is 3. The monoisotopic (exact) mass is 885 g/mol. The van der Waals surface area contributed by atoms with Crippen molar-refractivity contribution >= 4 is 17.9 Å². The predicted octanol–water partition coefficient (Wildman–Crippen LogP) is 18.1. The maximum atomic E-state index is 12.8. The molecule has 0 aliphatic carbocycles. The minimum atomic E-state index is -0.776. The summed E-state index contributed by atoms with van der Waals surface area (Å²) < 4.78 is 16.8. The maximum Gasteiger partial charge on any atom is 0.306 e. The molecule has 0 aromatic rings. The first-order valence-electron chi connectivity index (χ1n) is 27.5. The molecule has 0 bridgehead atoms. The molecule has 0 fully saturated rings. The molecular weight excluding hydrogens is 781 g/mol. The molecule has 0 heterocycles. The smallest absolute Gasteiger partial charge is 0.306 e. The number of rotatable bonds is 50. The van der Waals surface area contributed by atoms with Gasteiger partial charge in [-0.1, -0.05) is 231 Å². The van der Waals surface area contributed by atoms with Gasteiger partial charge in [0.1, 0.15) is 13.2 Å². The fourth-order valence-corrected chi connectivity index (χ4v) is 7.94. The van der Waals surface area contributed by atoms with Gasteiger partial charge in [0, 0.05) is 19.3 Å². The van der Waals surface area contributed by atoms with Gasteiger partial charge in [0.05, 0.1) is 0 Å². The molecule has 1 atom stereocenters. The topological polar surface area (TPSA) is 78.9 Å². The van der Waals surface area contributed by atoms with E-state index in [4.69, 9.17) is 14.2 Å². The van der Waals surface area contributed by atoms with Crippen LogP contribution < -0.4 is 0 Å². The molecule has 0 amide bonds. The van der Waals surface area contributed by atoms with Crippen LogP contribution in [0.15, 0.2) is 36.5 Å². The number of hydrogen-bond acceptors (Lipinski definition) is 6. The fourth-order valence-electron chi connectivity index (χ4n) is 7.94. The van der Waals surface area contributed by atoms with Crippen LogP contribution in [-0.4, -0.2) is 37.2 Å². The summed E-state index contributed by atoms with van der Waals surface area (Å²) in [7, 11) is 0. The van der Waals surface area contributed by atoms with Crippen LogP contribution in [0.1, 0.15) is 290 Å². The predicted molar refractivity (Wildman–Crippen MR) is 270 cm³/mol. The van der Waals surface area contributed by atoms with Crippen molar-refractivity contribution in [3.63, 3.8) is 0 Å². The number of carbonyl (C=O) groups is 3. The summed E-state index contributed by atoms with van der Waals surface area (Å²) in [5.74, 6) is -0.878. The number of hydrogen-bond donors (Lipinski definition) is 0. The van der Waals surface area contributed by atoms with Gasteiger partial charge in [0.2, 0.25) is 0 Å². The Hall–Kier alpha value is -2.37. The van der Waals surface area contributed by atoms with E-state index in [-0.39, 0.29) is 31.1 Å². The molecule has 0 aliphatic heterocycles. The Balaban J connectivity index is 4.36. The lowest BCUT2D eigenvalue weighted by atomic mass is 10.0. The van der Waals surface area contributed by atoms with Crippen LogP contribution in [0.25, 0.3) is 0 Å². The Morgan fingerprint density at radius 2 is 0.571 bits per heavy atom. The van der Waals surface area contributed by atoms with Crippen molar-refractivity contribution in [3.05, 3.63) is 36.5 Å². The Morgan fingerprint density at radius 1 is 0.317 bits per heavy atom. The molecule has 0 aromatic carbocycles. The molecule has 0 N–H and O–H groups in total. The number of allylic oxidation sites excluding steroid dienone is 6. The first kappa shape index (κ1) is 60.6. The first-order valence-corrected chi connectivity index (χ1v) is 27.5. The van der Waals surface area contributed by atoms with E-state index in [2.05, 4.69) is 57.2 Å². The second-order valence-electron chi connectivity index (χ2n) is 18.5. The van der Waals surface area contributed by atoms with Gasteiger partial charge in [0.15, 0.2) is 6.10 Å². The second kappa shape index (κ2) is 52.3. The first-order chi connectivity index (χ1) is 31.0. The van der Waals surface area contributed by atoms with E-state index in [1.54, 1.807) is 0 Å². The number of ether oxygens (including phenoxy) is 3. The molecule has 368 valence electrons. The van der Waals surface area contributed by atoms with Crippen LogP contribution in [0.4, 0.5) is 0 Å². The van der Waals surface area contributed by atoms with Gasteiger partial charge in [-0.15, -0.1) is 0 Å². The van der Waals surface area contributed by atoms with Crippen molar-refractivity contribution in [3.8, 4) is 0 Å². The van der Waals surface area contributed by atoms with E-state index in [1.165, 1.54) is 173 Å². The molecule has 1 unspecified atom stereocenters. The molecule has 6 heteroatoms. The minimum absolute atomic E-state index is 0.0749. The third kappa shape index (κ3) is 50.5. The number of unbranched alkanes of at least 4 members (excludes halogenated alkanes) is 33. The Bertz CT molecular complexity index is 1060. The van der Waals surface area contributed by atoms with Gasteiger partial charge in [-0.2, -0.15) is 0 Å². The van der Waals surface area contributed by atoms with E-state index in [9.17, 15) is 14.4 Å². The standard InChI is InChI=1S/C57H104O6/c1-4-7-10-13-16-19-22-25-27-29-31-32-35-38-41-44-47-50-56(59)62-53-54(52-61-55(58)49-46-43-40-37-34-24-21-18-15-12-9-6-3)63-57(60)51-48-45-42-39-36-33-30-28-26-23-20-17-14-11-8-5-2/h16,19,25,27-28,30,54H,4-15,17-18,20-24,26,29,31-53H2,1-3H3/b19-16-,27-25-,30-28-. The molecule has 6 nitrogen and oxygen atoms in total. The lowest BCUT2D eigenvalue weighted by Gasteiger charge is -2.18. The normalized spacial score (nSPS) is 12.2. The van der Waals surface area contributed by atoms with Gasteiger partial charge < -0.3 is 14.2 Å². The van der Waals surface area contributed by atoms with Crippen molar-refractivity contribution in [2.45, 2.75) is 297 Å². The molecule has 0 saturated carbocycles. The van der Waals surface area contributed by atoms with Crippen molar-refractivity contribution in [2.24, 2.45) is 0 Å². The zero-order valence-electron chi connectivity index (χ0n) is 42.1. The van der Waals surface area contributed by atoms with Gasteiger partial charge in [-0.3, -0.25) is 14.4 Å². The molecular formula is C57H104O6. The molecule has 0 radical (unpaired) electrons. The van der Waals surface area contributed by atoms with Gasteiger partial charge in [-0.25, -0.2) is 0 Å². The van der Waals surface area contributed by atoms with Gasteiger partial charge >= 0.3 is 17.9 Å². The van der Waals surface area contributed by atoms with E-state index < -0.39 is 6.10 Å². The summed E-state index contributed by atoms with van der Waals surface area (Å²) >= 11 is 0. The van der Waals surface area contributed by atoms with Crippen LogP contribution in [0, 0.1) is 0 Å². The van der Waals surface area contributed by atoms with E-state index in [0.29, 0.717) is 19.3 Å². The zero-order valence-corrected chi connectivity index (χ0v) is 42.1. The van der Waals surface area contributed by atoms with Crippen molar-refractivity contribution in [1.82, 2.24) is 0 Å². The molecule has 0 aliphatic rings. The van der Waals surface area contributed by atoms with Crippen LogP contribution >= 0.6 is 0 Å². The highest BCUT2D eigenvalue weighted by atomic mass is 16.6. The lowest BCUT2D eigenvalue weighted by molar-refractivity contribution is -0.167. The zero-order chi connectivity index (χ0) is 45.8. The summed E-state index contributed by atoms with van der Waals surface area (Å²) in [6.45, 7) is 6.62. The number of esters is 3. The lowest BCUT2D eigenvalue weighted by Crippen LogP contribution is -2.30. The van der Waals surface area contributed by atoms with Gasteiger partial charge in [0.25, 0.3) is 0 Å². The Kier molecular flexibility index (Phi) is 50.3. The van der Waals surface area contributed by atoms with Crippen LogP contribution in [0.2, 0.25) is 0 Å². The Morgan fingerprint density at radius 3 is 0.921 bits per heavy atom. The molecule has 0 aromatic heterocycles. The SMILES string of the molecule is CCCCC/C=C\C/C=C\CCCCCCCCCC(=O)OCC(COC(=O)CCCCCCCCCCCCCC)OC(=O)CCCCCCC/C=C\CCCCCCCCC. The highest BCUT2D eigenvalue weighted by molar-refractivity contribution is 5.71. The summed E-state index contributed by atoms with van der Waals surface area (Å²) in [4.78, 5) is 38.0. The quantitative estimate of drug-likeness (QED) is 0.0262. The fraction of sp³-hybridized carbons (Fsp3) is 0.842. The van der Waals surface area contributed by atoms with E-state index in [1.807, 2.05) is 0 Å². The summed E-state index contributed by atoms with van der Waals surface area (Å²) in [6, 6.07) is 0.